The average molecular weight is 391 g/mol. The molecule has 0 aliphatic rings. The highest BCUT2D eigenvalue weighted by Gasteiger charge is 2.20. The van der Waals surface area contributed by atoms with Gasteiger partial charge in [-0.1, -0.05) is 31.5 Å². The summed E-state index contributed by atoms with van der Waals surface area (Å²) in [4.78, 5) is 10.2. The zero-order chi connectivity index (χ0) is 21.1. The fourth-order valence-electron chi connectivity index (χ4n) is 3.96. The molecule has 0 radical (unpaired) electrons. The van der Waals surface area contributed by atoms with Crippen molar-refractivity contribution in [2.24, 2.45) is 0 Å². The molecule has 0 amide bonds. The van der Waals surface area contributed by atoms with Crippen LogP contribution in [0.3, 0.4) is 0 Å². The van der Waals surface area contributed by atoms with Crippen molar-refractivity contribution in [3.63, 3.8) is 0 Å². The fraction of sp³-hybridized carbons (Fsp3) is 0.360. The summed E-state index contributed by atoms with van der Waals surface area (Å²) in [5, 5.41) is 0. The molecule has 1 heterocycles. The zero-order valence-electron chi connectivity index (χ0n) is 18.5. The van der Waals surface area contributed by atoms with Crippen molar-refractivity contribution in [1.29, 1.82) is 0 Å². The van der Waals surface area contributed by atoms with E-state index in [2.05, 4.69) is 46.8 Å². The number of aryl methyl sites for hydroxylation is 5. The predicted octanol–water partition coefficient (Wildman–Crippen LogP) is 5.88. The van der Waals surface area contributed by atoms with Crippen molar-refractivity contribution < 1.29 is 9.47 Å². The topological polar surface area (TPSA) is 44.2 Å². The standard InChI is InChI=1S/C25H30N2O2/c1-8-20-24(19-11-10-18(28-6)14-22(19)29-7)26-21(9-2)25(27-20)23-16(4)12-15(3)13-17(23)5/h10-14H,8-9H2,1-7H3. The molecular weight excluding hydrogens is 360 g/mol. The third-order valence-corrected chi connectivity index (χ3v) is 5.29. The van der Waals surface area contributed by atoms with Gasteiger partial charge in [0.05, 0.1) is 37.0 Å². The third kappa shape index (κ3) is 3.98. The lowest BCUT2D eigenvalue weighted by Gasteiger charge is -2.18. The van der Waals surface area contributed by atoms with Crippen LogP contribution in [0.2, 0.25) is 0 Å². The normalized spacial score (nSPS) is 10.9. The molecule has 0 aliphatic carbocycles. The maximum atomic E-state index is 5.63. The molecule has 0 saturated heterocycles. The molecule has 0 saturated carbocycles. The molecule has 0 unspecified atom stereocenters. The van der Waals surface area contributed by atoms with E-state index in [-0.39, 0.29) is 0 Å². The minimum Gasteiger partial charge on any atom is -0.497 e. The van der Waals surface area contributed by atoms with Crippen molar-refractivity contribution >= 4 is 0 Å². The Morgan fingerprint density at radius 1 is 0.759 bits per heavy atom. The monoisotopic (exact) mass is 390 g/mol. The molecule has 4 heteroatoms. The molecule has 3 rings (SSSR count). The second-order valence-corrected chi connectivity index (χ2v) is 7.36. The quantitative estimate of drug-likeness (QED) is 0.527. The van der Waals surface area contributed by atoms with Crippen LogP contribution in [-0.2, 0) is 12.8 Å². The van der Waals surface area contributed by atoms with E-state index >= 15 is 0 Å². The predicted molar refractivity (Wildman–Crippen MR) is 119 cm³/mol. The van der Waals surface area contributed by atoms with Crippen molar-refractivity contribution in [2.45, 2.75) is 47.5 Å². The average Bonchev–Trinajstić information content (AvgIpc) is 2.72. The van der Waals surface area contributed by atoms with Crippen LogP contribution in [0, 0.1) is 20.8 Å². The molecule has 0 atom stereocenters. The number of ether oxygens (including phenoxy) is 2. The summed E-state index contributed by atoms with van der Waals surface area (Å²) in [6.07, 6.45) is 1.60. The van der Waals surface area contributed by atoms with Crippen molar-refractivity contribution in [3.8, 4) is 34.0 Å². The van der Waals surface area contributed by atoms with Crippen molar-refractivity contribution in [2.75, 3.05) is 14.2 Å². The third-order valence-electron chi connectivity index (χ3n) is 5.29. The van der Waals surface area contributed by atoms with Gasteiger partial charge in [0.25, 0.3) is 0 Å². The Hall–Kier alpha value is -2.88. The summed E-state index contributed by atoms with van der Waals surface area (Å²) in [6.45, 7) is 10.7. The molecule has 0 bridgehead atoms. The molecule has 1 aromatic heterocycles. The van der Waals surface area contributed by atoms with Crippen molar-refractivity contribution in [3.05, 3.63) is 58.4 Å². The van der Waals surface area contributed by atoms with Crippen molar-refractivity contribution in [1.82, 2.24) is 9.97 Å². The number of rotatable bonds is 6. The van der Waals surface area contributed by atoms with E-state index in [0.717, 1.165) is 52.7 Å². The van der Waals surface area contributed by atoms with Crippen LogP contribution in [0.15, 0.2) is 30.3 Å². The number of hydrogen-bond donors (Lipinski definition) is 0. The molecule has 3 aromatic rings. The second kappa shape index (κ2) is 8.64. The van der Waals surface area contributed by atoms with Crippen LogP contribution in [0.4, 0.5) is 0 Å². The highest BCUT2D eigenvalue weighted by molar-refractivity contribution is 5.75. The van der Waals surface area contributed by atoms with Gasteiger partial charge in [-0.15, -0.1) is 0 Å². The van der Waals surface area contributed by atoms with Gasteiger partial charge in [0.15, 0.2) is 0 Å². The van der Waals surface area contributed by atoms with E-state index < -0.39 is 0 Å². The SMILES string of the molecule is CCc1nc(-c2c(C)cc(C)cc2C)c(CC)nc1-c1ccc(OC)cc1OC. The van der Waals surface area contributed by atoms with Gasteiger partial charge < -0.3 is 9.47 Å². The molecule has 152 valence electrons. The molecule has 2 aromatic carbocycles. The summed E-state index contributed by atoms with van der Waals surface area (Å²) >= 11 is 0. The minimum absolute atomic E-state index is 0.742. The van der Waals surface area contributed by atoms with Crippen LogP contribution in [-0.4, -0.2) is 24.2 Å². The van der Waals surface area contributed by atoms with Gasteiger partial charge in [0.1, 0.15) is 11.5 Å². The van der Waals surface area contributed by atoms with Gasteiger partial charge in [0.2, 0.25) is 0 Å². The molecule has 0 aliphatic heterocycles. The lowest BCUT2D eigenvalue weighted by Crippen LogP contribution is -2.07. The molecule has 4 nitrogen and oxygen atoms in total. The Morgan fingerprint density at radius 3 is 1.90 bits per heavy atom. The van der Waals surface area contributed by atoms with Gasteiger partial charge in [0, 0.05) is 17.2 Å². The van der Waals surface area contributed by atoms with Crippen LogP contribution >= 0.6 is 0 Å². The first kappa shape index (κ1) is 20.8. The Labute approximate surface area is 173 Å². The Bertz CT molecular complexity index is 1020. The largest absolute Gasteiger partial charge is 0.497 e. The van der Waals surface area contributed by atoms with Crippen LogP contribution < -0.4 is 9.47 Å². The van der Waals surface area contributed by atoms with E-state index in [4.69, 9.17) is 19.4 Å². The number of methoxy groups -OCH3 is 2. The van der Waals surface area contributed by atoms with Gasteiger partial charge >= 0.3 is 0 Å². The van der Waals surface area contributed by atoms with Gasteiger partial charge in [-0.05, 0) is 56.9 Å². The van der Waals surface area contributed by atoms with E-state index in [0.29, 0.717) is 0 Å². The fourth-order valence-corrected chi connectivity index (χ4v) is 3.96. The lowest BCUT2D eigenvalue weighted by atomic mass is 9.94. The van der Waals surface area contributed by atoms with E-state index in [1.165, 1.54) is 22.3 Å². The molecular formula is C25H30N2O2. The zero-order valence-corrected chi connectivity index (χ0v) is 18.5. The summed E-state index contributed by atoms with van der Waals surface area (Å²) < 4.78 is 11.0. The summed E-state index contributed by atoms with van der Waals surface area (Å²) in [7, 11) is 3.33. The van der Waals surface area contributed by atoms with E-state index in [9.17, 15) is 0 Å². The Morgan fingerprint density at radius 2 is 1.34 bits per heavy atom. The van der Waals surface area contributed by atoms with E-state index in [1.54, 1.807) is 14.2 Å². The van der Waals surface area contributed by atoms with Gasteiger partial charge in [-0.25, -0.2) is 9.97 Å². The Kier molecular flexibility index (Phi) is 6.21. The molecule has 0 spiro atoms. The molecule has 29 heavy (non-hydrogen) atoms. The van der Waals surface area contributed by atoms with Crippen LogP contribution in [0.5, 0.6) is 11.5 Å². The number of hydrogen-bond acceptors (Lipinski definition) is 4. The first-order valence-corrected chi connectivity index (χ1v) is 10.1. The van der Waals surface area contributed by atoms with Crippen LogP contribution in [0.25, 0.3) is 22.5 Å². The number of aromatic nitrogens is 2. The van der Waals surface area contributed by atoms with Crippen LogP contribution in [0.1, 0.15) is 41.9 Å². The Balaban J connectivity index is 2.27. The highest BCUT2D eigenvalue weighted by Crippen LogP contribution is 2.37. The second-order valence-electron chi connectivity index (χ2n) is 7.36. The maximum absolute atomic E-state index is 5.63. The minimum atomic E-state index is 0.742. The number of nitrogens with zero attached hydrogens (tertiary/aromatic N) is 2. The summed E-state index contributed by atoms with van der Waals surface area (Å²) in [6, 6.07) is 10.3. The maximum Gasteiger partial charge on any atom is 0.132 e. The summed E-state index contributed by atoms with van der Waals surface area (Å²) in [5.74, 6) is 1.50. The first-order valence-electron chi connectivity index (χ1n) is 10.1. The highest BCUT2D eigenvalue weighted by atomic mass is 16.5. The first-order chi connectivity index (χ1) is 13.9. The number of benzene rings is 2. The lowest BCUT2D eigenvalue weighted by molar-refractivity contribution is 0.395. The van der Waals surface area contributed by atoms with Gasteiger partial charge in [-0.3, -0.25) is 0 Å². The molecule has 0 fully saturated rings. The molecule has 0 N–H and O–H groups in total. The van der Waals surface area contributed by atoms with Gasteiger partial charge in [-0.2, -0.15) is 0 Å². The summed E-state index contributed by atoms with van der Waals surface area (Å²) in [5.41, 5.74) is 9.74. The smallest absolute Gasteiger partial charge is 0.132 e. The van der Waals surface area contributed by atoms with E-state index in [1.807, 2.05) is 18.2 Å².